The number of hydrogen-bond donors (Lipinski definition) is 1. The molecule has 1 aliphatic rings. The van der Waals surface area contributed by atoms with Crippen LogP contribution in [0.4, 0.5) is 0 Å². The van der Waals surface area contributed by atoms with Crippen LogP contribution in [0, 0.1) is 6.92 Å². The summed E-state index contributed by atoms with van der Waals surface area (Å²) in [5.41, 5.74) is 1.26. The number of aryl methyl sites for hydroxylation is 1. The predicted octanol–water partition coefficient (Wildman–Crippen LogP) is 1.89. The molecule has 0 amide bonds. The Morgan fingerprint density at radius 2 is 2.45 bits per heavy atom. The van der Waals surface area contributed by atoms with Gasteiger partial charge >= 0.3 is 0 Å². The maximum absolute atomic E-state index is 5.67. The number of rotatable bonds is 9. The van der Waals surface area contributed by atoms with Crippen LogP contribution < -0.4 is 5.32 Å². The molecule has 0 saturated carbocycles. The summed E-state index contributed by atoms with van der Waals surface area (Å²) in [6, 6.07) is 0. The SMILES string of the molecule is COCCNCc1cnc(C)n1CCCC1CCCO1. The van der Waals surface area contributed by atoms with E-state index in [1.807, 2.05) is 6.20 Å². The van der Waals surface area contributed by atoms with Gasteiger partial charge in [0.25, 0.3) is 0 Å². The molecule has 0 bridgehead atoms. The van der Waals surface area contributed by atoms with E-state index < -0.39 is 0 Å². The van der Waals surface area contributed by atoms with Gasteiger partial charge in [-0.3, -0.25) is 0 Å². The topological polar surface area (TPSA) is 48.3 Å². The highest BCUT2D eigenvalue weighted by atomic mass is 16.5. The van der Waals surface area contributed by atoms with E-state index >= 15 is 0 Å². The maximum Gasteiger partial charge on any atom is 0.105 e. The maximum atomic E-state index is 5.67. The molecular formula is C15H27N3O2. The zero-order valence-corrected chi connectivity index (χ0v) is 12.7. The van der Waals surface area contributed by atoms with Crippen molar-refractivity contribution in [1.29, 1.82) is 0 Å². The van der Waals surface area contributed by atoms with Gasteiger partial charge in [-0.2, -0.15) is 0 Å². The molecule has 5 heteroatoms. The van der Waals surface area contributed by atoms with Crippen LogP contribution in [-0.2, 0) is 22.6 Å². The van der Waals surface area contributed by atoms with E-state index in [9.17, 15) is 0 Å². The summed E-state index contributed by atoms with van der Waals surface area (Å²) in [4.78, 5) is 4.43. The Kier molecular flexibility index (Phi) is 6.50. The molecule has 20 heavy (non-hydrogen) atoms. The lowest BCUT2D eigenvalue weighted by atomic mass is 10.1. The second kappa shape index (κ2) is 8.39. The number of aromatic nitrogens is 2. The first-order chi connectivity index (χ1) is 9.81. The molecule has 0 spiro atoms. The lowest BCUT2D eigenvalue weighted by molar-refractivity contribution is 0.101. The summed E-state index contributed by atoms with van der Waals surface area (Å²) in [5.74, 6) is 1.10. The minimum Gasteiger partial charge on any atom is -0.383 e. The first kappa shape index (κ1) is 15.5. The molecule has 1 N–H and O–H groups in total. The lowest BCUT2D eigenvalue weighted by Crippen LogP contribution is -2.21. The minimum absolute atomic E-state index is 0.488. The highest BCUT2D eigenvalue weighted by Crippen LogP contribution is 2.17. The normalized spacial score (nSPS) is 18.8. The van der Waals surface area contributed by atoms with E-state index in [0.717, 1.165) is 51.5 Å². The van der Waals surface area contributed by atoms with Crippen LogP contribution in [0.1, 0.15) is 37.2 Å². The van der Waals surface area contributed by atoms with Crippen LogP contribution in [0.2, 0.25) is 0 Å². The van der Waals surface area contributed by atoms with E-state index in [0.29, 0.717) is 6.10 Å². The van der Waals surface area contributed by atoms with Crippen LogP contribution >= 0.6 is 0 Å². The fourth-order valence-corrected chi connectivity index (χ4v) is 2.70. The second-order valence-electron chi connectivity index (χ2n) is 5.40. The lowest BCUT2D eigenvalue weighted by Gasteiger charge is -2.13. The predicted molar refractivity (Wildman–Crippen MR) is 78.8 cm³/mol. The van der Waals surface area contributed by atoms with Gasteiger partial charge in [-0.25, -0.2) is 4.98 Å². The van der Waals surface area contributed by atoms with Crippen molar-refractivity contribution in [2.24, 2.45) is 0 Å². The quantitative estimate of drug-likeness (QED) is 0.702. The average Bonchev–Trinajstić information content (AvgIpc) is 3.07. The largest absolute Gasteiger partial charge is 0.383 e. The Morgan fingerprint density at radius 3 is 3.20 bits per heavy atom. The molecule has 1 aromatic rings. The molecule has 114 valence electrons. The molecule has 1 saturated heterocycles. The van der Waals surface area contributed by atoms with Crippen molar-refractivity contribution in [3.63, 3.8) is 0 Å². The molecule has 1 aromatic heterocycles. The summed E-state index contributed by atoms with van der Waals surface area (Å²) < 4.78 is 13.0. The molecule has 2 heterocycles. The Morgan fingerprint density at radius 1 is 1.55 bits per heavy atom. The summed E-state index contributed by atoms with van der Waals surface area (Å²) >= 11 is 0. The summed E-state index contributed by atoms with van der Waals surface area (Å²) in [7, 11) is 1.72. The van der Waals surface area contributed by atoms with E-state index in [1.54, 1.807) is 7.11 Å². The smallest absolute Gasteiger partial charge is 0.105 e. The van der Waals surface area contributed by atoms with Crippen molar-refractivity contribution < 1.29 is 9.47 Å². The fraction of sp³-hybridized carbons (Fsp3) is 0.800. The van der Waals surface area contributed by atoms with Gasteiger partial charge in [0.05, 0.1) is 18.4 Å². The molecule has 0 radical (unpaired) electrons. The third-order valence-electron chi connectivity index (χ3n) is 3.86. The van der Waals surface area contributed by atoms with Gasteiger partial charge in [0, 0.05) is 39.5 Å². The molecule has 2 rings (SSSR count). The number of ether oxygens (including phenoxy) is 2. The molecule has 0 aliphatic carbocycles. The number of imidazole rings is 1. The third-order valence-corrected chi connectivity index (χ3v) is 3.86. The van der Waals surface area contributed by atoms with Crippen molar-refractivity contribution in [3.05, 3.63) is 17.7 Å². The minimum atomic E-state index is 0.488. The number of nitrogens with one attached hydrogen (secondary N) is 1. The zero-order valence-electron chi connectivity index (χ0n) is 12.7. The van der Waals surface area contributed by atoms with E-state index in [1.165, 1.54) is 18.5 Å². The number of nitrogens with zero attached hydrogens (tertiary/aromatic N) is 2. The van der Waals surface area contributed by atoms with E-state index in [4.69, 9.17) is 9.47 Å². The molecule has 1 fully saturated rings. The second-order valence-corrected chi connectivity index (χ2v) is 5.40. The molecular weight excluding hydrogens is 254 g/mol. The van der Waals surface area contributed by atoms with Crippen LogP contribution in [0.25, 0.3) is 0 Å². The van der Waals surface area contributed by atoms with Gasteiger partial charge in [0.15, 0.2) is 0 Å². The van der Waals surface area contributed by atoms with Crippen LogP contribution in [-0.4, -0.2) is 42.5 Å². The van der Waals surface area contributed by atoms with E-state index in [-0.39, 0.29) is 0 Å². The highest BCUT2D eigenvalue weighted by Gasteiger charge is 2.15. The first-order valence-electron chi connectivity index (χ1n) is 7.63. The summed E-state index contributed by atoms with van der Waals surface area (Å²) in [6.07, 6.45) is 7.24. The Bertz CT molecular complexity index is 386. The first-order valence-corrected chi connectivity index (χ1v) is 7.63. The van der Waals surface area contributed by atoms with Crippen molar-refractivity contribution in [3.8, 4) is 0 Å². The van der Waals surface area contributed by atoms with Gasteiger partial charge in [-0.15, -0.1) is 0 Å². The van der Waals surface area contributed by atoms with Crippen molar-refractivity contribution in [2.75, 3.05) is 26.9 Å². The van der Waals surface area contributed by atoms with Crippen LogP contribution in [0.5, 0.6) is 0 Å². The third kappa shape index (κ3) is 4.58. The molecule has 1 aliphatic heterocycles. The Labute approximate surface area is 121 Å². The number of methoxy groups -OCH3 is 1. The summed E-state index contributed by atoms with van der Waals surface area (Å²) in [6.45, 7) is 6.52. The van der Waals surface area contributed by atoms with Crippen molar-refractivity contribution in [1.82, 2.24) is 14.9 Å². The van der Waals surface area contributed by atoms with Crippen molar-refractivity contribution >= 4 is 0 Å². The van der Waals surface area contributed by atoms with Crippen LogP contribution in [0.15, 0.2) is 6.20 Å². The van der Waals surface area contributed by atoms with Gasteiger partial charge < -0.3 is 19.4 Å². The number of hydrogen-bond acceptors (Lipinski definition) is 4. The molecule has 5 nitrogen and oxygen atoms in total. The Hall–Kier alpha value is -0.910. The van der Waals surface area contributed by atoms with Crippen molar-refractivity contribution in [2.45, 2.75) is 51.8 Å². The zero-order chi connectivity index (χ0) is 14.2. The monoisotopic (exact) mass is 281 g/mol. The molecule has 1 unspecified atom stereocenters. The van der Waals surface area contributed by atoms with E-state index in [2.05, 4.69) is 21.8 Å². The average molecular weight is 281 g/mol. The van der Waals surface area contributed by atoms with Crippen LogP contribution in [0.3, 0.4) is 0 Å². The van der Waals surface area contributed by atoms with Gasteiger partial charge in [-0.1, -0.05) is 0 Å². The Balaban J connectivity index is 1.75. The molecule has 0 aromatic carbocycles. The highest BCUT2D eigenvalue weighted by molar-refractivity contribution is 5.04. The fourth-order valence-electron chi connectivity index (χ4n) is 2.70. The van der Waals surface area contributed by atoms with Gasteiger partial charge in [0.1, 0.15) is 5.82 Å². The molecule has 1 atom stereocenters. The standard InChI is InChI=1S/C15H27N3O2/c1-13-17-12-14(11-16-7-10-19-2)18(13)8-3-5-15-6-4-9-20-15/h12,15-16H,3-11H2,1-2H3. The van der Waals surface area contributed by atoms with Gasteiger partial charge in [-0.05, 0) is 32.6 Å². The van der Waals surface area contributed by atoms with Gasteiger partial charge in [0.2, 0.25) is 0 Å². The summed E-state index contributed by atoms with van der Waals surface area (Å²) in [5, 5.41) is 3.38.